The SMILES string of the molecule is O=C(c1c(Br)[nH]n2c(=O)cc(-c3ccc(C4CCCCC4)c(F)c3)nc12)N1CC(CF)C1. The first-order chi connectivity index (χ1) is 15.5. The van der Waals surface area contributed by atoms with E-state index in [1.54, 1.807) is 12.1 Å². The van der Waals surface area contributed by atoms with Crippen LogP contribution < -0.4 is 5.56 Å². The Morgan fingerprint density at radius 2 is 1.94 bits per heavy atom. The predicted octanol–water partition coefficient (Wildman–Crippen LogP) is 4.68. The van der Waals surface area contributed by atoms with Crippen molar-refractivity contribution < 1.29 is 13.6 Å². The molecule has 1 aliphatic heterocycles. The fraction of sp³-hybridized carbons (Fsp3) is 0.435. The second-order valence-corrected chi connectivity index (χ2v) is 9.53. The van der Waals surface area contributed by atoms with Gasteiger partial charge < -0.3 is 4.90 Å². The summed E-state index contributed by atoms with van der Waals surface area (Å²) in [5, 5.41) is 2.81. The molecule has 1 saturated carbocycles. The van der Waals surface area contributed by atoms with Crippen molar-refractivity contribution >= 4 is 27.5 Å². The Bertz CT molecular complexity index is 1240. The molecule has 9 heteroatoms. The molecule has 2 aromatic heterocycles. The van der Waals surface area contributed by atoms with E-state index in [1.807, 2.05) is 0 Å². The number of aromatic amines is 1. The van der Waals surface area contributed by atoms with Gasteiger partial charge in [-0.3, -0.25) is 19.1 Å². The Balaban J connectivity index is 1.52. The summed E-state index contributed by atoms with van der Waals surface area (Å²) in [6.45, 7) is 0.191. The van der Waals surface area contributed by atoms with E-state index in [0.717, 1.165) is 25.7 Å². The third-order valence-corrected chi connectivity index (χ3v) is 7.16. The number of aromatic nitrogens is 3. The molecule has 32 heavy (non-hydrogen) atoms. The van der Waals surface area contributed by atoms with Crippen LogP contribution in [0.15, 0.2) is 33.7 Å². The van der Waals surface area contributed by atoms with Crippen molar-refractivity contribution in [1.29, 1.82) is 0 Å². The number of nitrogens with one attached hydrogen (secondary N) is 1. The van der Waals surface area contributed by atoms with Crippen molar-refractivity contribution in [3.8, 4) is 11.3 Å². The van der Waals surface area contributed by atoms with Crippen LogP contribution in [0, 0.1) is 11.7 Å². The number of H-pyrrole nitrogens is 1. The molecule has 2 fully saturated rings. The average Bonchev–Trinajstić information content (AvgIpc) is 3.10. The van der Waals surface area contributed by atoms with E-state index in [2.05, 4.69) is 26.0 Å². The van der Waals surface area contributed by atoms with Gasteiger partial charge in [0.1, 0.15) is 16.0 Å². The molecular formula is C23H23BrF2N4O2. The maximum Gasteiger partial charge on any atom is 0.273 e. The van der Waals surface area contributed by atoms with Gasteiger partial charge in [0.15, 0.2) is 5.65 Å². The fourth-order valence-electron chi connectivity index (χ4n) is 4.77. The molecule has 168 valence electrons. The van der Waals surface area contributed by atoms with Crippen molar-refractivity contribution in [2.45, 2.75) is 38.0 Å². The molecule has 2 aliphatic rings. The quantitative estimate of drug-likeness (QED) is 0.560. The number of amides is 1. The van der Waals surface area contributed by atoms with Gasteiger partial charge in [-0.05, 0) is 46.3 Å². The minimum absolute atomic E-state index is 0.153. The highest BCUT2D eigenvalue weighted by Gasteiger charge is 2.34. The van der Waals surface area contributed by atoms with Gasteiger partial charge in [-0.2, -0.15) is 4.52 Å². The van der Waals surface area contributed by atoms with Gasteiger partial charge in [-0.25, -0.2) is 9.37 Å². The highest BCUT2D eigenvalue weighted by atomic mass is 79.9. The Hall–Kier alpha value is -2.55. The Labute approximate surface area is 191 Å². The first-order valence-corrected chi connectivity index (χ1v) is 11.7. The number of hydrogen-bond donors (Lipinski definition) is 1. The molecular weight excluding hydrogens is 482 g/mol. The zero-order chi connectivity index (χ0) is 22.4. The summed E-state index contributed by atoms with van der Waals surface area (Å²) in [6, 6.07) is 6.32. The van der Waals surface area contributed by atoms with Crippen LogP contribution in [0.3, 0.4) is 0 Å². The van der Waals surface area contributed by atoms with E-state index in [4.69, 9.17) is 0 Å². The van der Waals surface area contributed by atoms with Gasteiger partial charge >= 0.3 is 0 Å². The topological polar surface area (TPSA) is 70.5 Å². The first-order valence-electron chi connectivity index (χ1n) is 10.9. The number of halogens is 3. The zero-order valence-corrected chi connectivity index (χ0v) is 19.0. The molecule has 1 amide bonds. The van der Waals surface area contributed by atoms with E-state index < -0.39 is 12.2 Å². The van der Waals surface area contributed by atoms with Crippen LogP contribution >= 0.6 is 15.9 Å². The lowest BCUT2D eigenvalue weighted by Crippen LogP contribution is -2.50. The van der Waals surface area contributed by atoms with Crippen molar-refractivity contribution in [1.82, 2.24) is 19.5 Å². The summed E-state index contributed by atoms with van der Waals surface area (Å²) in [5.74, 6) is -0.544. The summed E-state index contributed by atoms with van der Waals surface area (Å²) in [4.78, 5) is 31.7. The van der Waals surface area contributed by atoms with Crippen LogP contribution in [0.25, 0.3) is 16.9 Å². The number of fused-ring (bicyclic) bond motifs is 1. The molecule has 1 aliphatic carbocycles. The largest absolute Gasteiger partial charge is 0.338 e. The number of likely N-dealkylation sites (tertiary alicyclic amines) is 1. The fourth-order valence-corrected chi connectivity index (χ4v) is 5.29. The van der Waals surface area contributed by atoms with Crippen LogP contribution in [0.2, 0.25) is 0 Å². The van der Waals surface area contributed by atoms with Crippen LogP contribution in [-0.4, -0.2) is 45.2 Å². The van der Waals surface area contributed by atoms with Crippen molar-refractivity contribution in [2.75, 3.05) is 19.8 Å². The molecule has 3 heterocycles. The zero-order valence-electron chi connectivity index (χ0n) is 17.4. The molecule has 3 aromatic rings. The average molecular weight is 505 g/mol. The number of carbonyl (C=O) groups excluding carboxylic acids is 1. The molecule has 0 bridgehead atoms. The molecule has 1 N–H and O–H groups in total. The molecule has 0 spiro atoms. The monoisotopic (exact) mass is 504 g/mol. The van der Waals surface area contributed by atoms with E-state index in [9.17, 15) is 18.4 Å². The Morgan fingerprint density at radius 3 is 2.62 bits per heavy atom. The van der Waals surface area contributed by atoms with Crippen LogP contribution in [-0.2, 0) is 0 Å². The first kappa shape index (κ1) is 21.3. The lowest BCUT2D eigenvalue weighted by atomic mass is 9.83. The van der Waals surface area contributed by atoms with E-state index in [-0.39, 0.29) is 34.8 Å². The molecule has 5 rings (SSSR count). The van der Waals surface area contributed by atoms with Crippen LogP contribution in [0.4, 0.5) is 8.78 Å². The Morgan fingerprint density at radius 1 is 1.19 bits per heavy atom. The number of rotatable bonds is 4. The van der Waals surface area contributed by atoms with E-state index >= 15 is 0 Å². The number of carbonyl (C=O) groups is 1. The Kier molecular flexibility index (Phi) is 5.61. The van der Waals surface area contributed by atoms with Gasteiger partial charge in [-0.15, -0.1) is 0 Å². The summed E-state index contributed by atoms with van der Waals surface area (Å²) in [6.07, 6.45) is 5.41. The molecule has 0 atom stereocenters. The molecule has 0 unspecified atom stereocenters. The number of nitrogens with zero attached hydrogens (tertiary/aromatic N) is 3. The number of hydrogen-bond acceptors (Lipinski definition) is 3. The van der Waals surface area contributed by atoms with Gasteiger partial charge in [0.05, 0.1) is 12.4 Å². The maximum absolute atomic E-state index is 15.0. The summed E-state index contributed by atoms with van der Waals surface area (Å²) >= 11 is 3.31. The minimum atomic E-state index is -0.469. The van der Waals surface area contributed by atoms with Gasteiger partial charge in [0.25, 0.3) is 11.5 Å². The van der Waals surface area contributed by atoms with Crippen molar-refractivity contribution in [3.05, 3.63) is 56.2 Å². The van der Waals surface area contributed by atoms with Gasteiger partial charge in [0.2, 0.25) is 0 Å². The highest BCUT2D eigenvalue weighted by Crippen LogP contribution is 2.35. The summed E-state index contributed by atoms with van der Waals surface area (Å²) in [7, 11) is 0. The van der Waals surface area contributed by atoms with Crippen LogP contribution in [0.5, 0.6) is 0 Å². The third-order valence-electron chi connectivity index (χ3n) is 6.59. The predicted molar refractivity (Wildman–Crippen MR) is 120 cm³/mol. The van der Waals surface area contributed by atoms with Crippen LogP contribution in [0.1, 0.15) is 53.9 Å². The standard InChI is InChI=1S/C23H23BrF2N4O2/c24-21-20(23(32)29-11-13(10-25)12-29)22-27-18(9-19(31)30(22)28-21)15-6-7-16(17(26)8-15)14-4-2-1-3-5-14/h6-9,13-14,28H,1-5,10-12H2. The third kappa shape index (κ3) is 3.66. The molecule has 0 radical (unpaired) electrons. The van der Waals surface area contributed by atoms with Gasteiger partial charge in [-0.1, -0.05) is 31.4 Å². The van der Waals surface area contributed by atoms with E-state index in [1.165, 1.54) is 28.0 Å². The van der Waals surface area contributed by atoms with E-state index in [0.29, 0.717) is 34.5 Å². The lowest BCUT2D eigenvalue weighted by molar-refractivity contribution is 0.0453. The highest BCUT2D eigenvalue weighted by molar-refractivity contribution is 9.10. The molecule has 1 aromatic carbocycles. The summed E-state index contributed by atoms with van der Waals surface area (Å²) in [5.41, 5.74) is 1.46. The lowest BCUT2D eigenvalue weighted by Gasteiger charge is -2.37. The minimum Gasteiger partial charge on any atom is -0.338 e. The second-order valence-electron chi connectivity index (χ2n) is 8.74. The summed E-state index contributed by atoms with van der Waals surface area (Å²) < 4.78 is 29.2. The van der Waals surface area contributed by atoms with Crippen molar-refractivity contribution in [3.63, 3.8) is 0 Å². The molecule has 6 nitrogen and oxygen atoms in total. The number of benzene rings is 1. The van der Waals surface area contributed by atoms with Crippen molar-refractivity contribution in [2.24, 2.45) is 5.92 Å². The maximum atomic E-state index is 15.0. The number of alkyl halides is 1. The smallest absolute Gasteiger partial charge is 0.273 e. The normalized spacial score (nSPS) is 17.7. The van der Waals surface area contributed by atoms with Gasteiger partial charge in [0, 0.05) is 30.6 Å². The molecule has 1 saturated heterocycles. The second kappa shape index (κ2) is 8.42.